The Morgan fingerprint density at radius 3 is 1.11 bits per heavy atom. The second-order valence-electron chi connectivity index (χ2n) is 17.9. The topological polar surface area (TPSA) is 95.8 Å². The number of nitrogens with zero attached hydrogens (tertiary/aromatic N) is 6. The van der Waals surface area contributed by atoms with Gasteiger partial charge in [0, 0.05) is 45.9 Å². The summed E-state index contributed by atoms with van der Waals surface area (Å²) in [4.78, 5) is 29.0. The largest absolute Gasteiger partial charge is 0.495 e. The first-order valence-electron chi connectivity index (χ1n) is 23.6. The van der Waals surface area contributed by atoms with Gasteiger partial charge in [0.15, 0.2) is 34.9 Å². The van der Waals surface area contributed by atoms with Crippen molar-refractivity contribution in [2.45, 2.75) is 38.9 Å². The highest BCUT2D eigenvalue weighted by Gasteiger charge is 2.52. The highest BCUT2D eigenvalue weighted by molar-refractivity contribution is 14.1. The Bertz CT molecular complexity index is 3400. The first kappa shape index (κ1) is 52.9. The molecule has 366 valence electrons. The average molecular weight is 1250 g/mol. The van der Waals surface area contributed by atoms with Crippen LogP contribution < -0.4 is 5.46 Å². The number of hydrogen-bond donors (Lipinski definition) is 0. The highest BCUT2D eigenvalue weighted by atomic mass is 127. The van der Waals surface area contributed by atoms with E-state index in [0.29, 0.717) is 40.0 Å². The first-order valence-corrected chi connectivity index (χ1v) is 27.0. The summed E-state index contributed by atoms with van der Waals surface area (Å²) >= 11 is 21.3. The van der Waals surface area contributed by atoms with Gasteiger partial charge in [-0.1, -0.05) is 211 Å². The normalized spacial score (nSPS) is 13.3. The molecule has 1 fully saturated rings. The number of hydrogen-bond acceptors (Lipinski definition) is 8. The van der Waals surface area contributed by atoms with Crippen molar-refractivity contribution in [3.63, 3.8) is 0 Å². The van der Waals surface area contributed by atoms with E-state index in [0.717, 1.165) is 67.5 Å². The predicted molar refractivity (Wildman–Crippen MR) is 318 cm³/mol. The van der Waals surface area contributed by atoms with E-state index in [-0.39, 0.29) is 0 Å². The molecule has 0 amide bonds. The zero-order valence-electron chi connectivity index (χ0n) is 40.6. The molecule has 2 aromatic heterocycles. The fourth-order valence-corrected chi connectivity index (χ4v) is 9.59. The van der Waals surface area contributed by atoms with Crippen LogP contribution >= 0.6 is 77.7 Å². The van der Waals surface area contributed by atoms with Gasteiger partial charge in [0.05, 0.1) is 21.2 Å². The SMILES string of the molecule is CC1(C)OB(c2ccccc2-c2nc(-c3ccccc3)nc(-c3ccccc3)n2)OC1(C)C.Clc1cccc(-c2ccccc2-c2nc(-c3ccccc3)nc(-c3ccccc3)n2)c1Br.Clc1cccc(I)c1Br. The van der Waals surface area contributed by atoms with Crippen LogP contribution in [0.15, 0.2) is 215 Å². The number of benzene rings is 8. The molecule has 0 atom stereocenters. The lowest BCUT2D eigenvalue weighted by Gasteiger charge is -2.32. The van der Waals surface area contributed by atoms with E-state index in [9.17, 15) is 0 Å². The van der Waals surface area contributed by atoms with Crippen molar-refractivity contribution in [2.75, 3.05) is 0 Å². The summed E-state index contributed by atoms with van der Waals surface area (Å²) < 4.78 is 15.7. The van der Waals surface area contributed by atoms with E-state index in [1.165, 1.54) is 0 Å². The Hall–Kier alpha value is -5.97. The smallest absolute Gasteiger partial charge is 0.399 e. The summed E-state index contributed by atoms with van der Waals surface area (Å²) in [6.07, 6.45) is 0. The van der Waals surface area contributed by atoms with Crippen molar-refractivity contribution in [3.05, 3.63) is 229 Å². The van der Waals surface area contributed by atoms with Crippen LogP contribution in [0.2, 0.25) is 10.0 Å². The molecule has 0 unspecified atom stereocenters. The van der Waals surface area contributed by atoms with Crippen molar-refractivity contribution in [3.8, 4) is 79.5 Å². The summed E-state index contributed by atoms with van der Waals surface area (Å²) in [6.45, 7) is 8.22. The molecule has 0 radical (unpaired) electrons. The molecule has 8 nitrogen and oxygen atoms in total. The molecular weight excluding hydrogens is 1210 g/mol. The van der Waals surface area contributed by atoms with E-state index in [1.54, 1.807) is 0 Å². The summed E-state index contributed by atoms with van der Waals surface area (Å²) in [5.41, 5.74) is 7.53. The molecule has 0 bridgehead atoms. The number of aromatic nitrogens is 6. The molecule has 3 heterocycles. The lowest BCUT2D eigenvalue weighted by Crippen LogP contribution is -2.41. The van der Waals surface area contributed by atoms with Crippen LogP contribution in [0.25, 0.3) is 79.5 Å². The quantitative estimate of drug-likeness (QED) is 0.0843. The standard InChI is InChI=1S/C27H26BN3O2.C27H17BrClN3.C6H3BrClI/c1-26(2)27(3,4)33-28(32-26)22-18-12-11-17-21(22)25-30-23(19-13-7-5-8-14-19)29-24(31-25)20-15-9-6-10-16-20;28-24-21(16-9-17-23(24)29)20-14-7-8-15-22(20)27-31-25(18-10-3-1-4-11-18)30-26(32-27)19-12-5-2-6-13-19;7-6-4(8)2-1-3-5(6)9/h5-18H,1-4H3;1-17H;1-3H. The van der Waals surface area contributed by atoms with Crippen molar-refractivity contribution in [1.82, 2.24) is 29.9 Å². The predicted octanol–water partition coefficient (Wildman–Crippen LogP) is 16.8. The minimum Gasteiger partial charge on any atom is -0.399 e. The van der Waals surface area contributed by atoms with Gasteiger partial charge in [0.25, 0.3) is 0 Å². The third kappa shape index (κ3) is 12.2. The van der Waals surface area contributed by atoms with Gasteiger partial charge in [-0.05, 0) is 117 Å². The molecule has 1 aliphatic heterocycles. The average Bonchev–Trinajstić information content (AvgIpc) is 3.67. The van der Waals surface area contributed by atoms with Crippen LogP contribution in [0.3, 0.4) is 0 Å². The maximum absolute atomic E-state index is 6.38. The summed E-state index contributed by atoms with van der Waals surface area (Å²) in [5.74, 6) is 3.73. The molecule has 1 saturated heterocycles. The van der Waals surface area contributed by atoms with Gasteiger partial charge in [-0.25, -0.2) is 29.9 Å². The van der Waals surface area contributed by atoms with Crippen molar-refractivity contribution < 1.29 is 9.31 Å². The molecule has 11 rings (SSSR count). The zero-order valence-corrected chi connectivity index (χ0v) is 47.4. The van der Waals surface area contributed by atoms with Gasteiger partial charge in [-0.3, -0.25) is 0 Å². The van der Waals surface area contributed by atoms with Crippen molar-refractivity contribution >= 4 is 90.2 Å². The molecular formula is C60H46BBr2Cl2IN6O2. The molecule has 0 aliphatic carbocycles. The Morgan fingerprint density at radius 2 is 0.689 bits per heavy atom. The molecule has 14 heteroatoms. The molecule has 0 N–H and O–H groups in total. The van der Waals surface area contributed by atoms with Gasteiger partial charge in [0.1, 0.15) is 0 Å². The molecule has 74 heavy (non-hydrogen) atoms. The first-order chi connectivity index (χ1) is 35.8. The van der Waals surface area contributed by atoms with E-state index >= 15 is 0 Å². The van der Waals surface area contributed by atoms with Crippen molar-refractivity contribution in [1.29, 1.82) is 0 Å². The summed E-state index contributed by atoms with van der Waals surface area (Å²) in [7, 11) is -0.511. The highest BCUT2D eigenvalue weighted by Crippen LogP contribution is 2.40. The maximum Gasteiger partial charge on any atom is 0.495 e. The van der Waals surface area contributed by atoms with Crippen LogP contribution in [-0.4, -0.2) is 48.2 Å². The van der Waals surface area contributed by atoms with Gasteiger partial charge < -0.3 is 9.31 Å². The fourth-order valence-electron chi connectivity index (χ4n) is 7.84. The molecule has 0 spiro atoms. The second-order valence-corrected chi connectivity index (χ2v) is 21.5. The lowest BCUT2D eigenvalue weighted by atomic mass is 9.75. The number of halogens is 5. The van der Waals surface area contributed by atoms with Crippen LogP contribution in [0.1, 0.15) is 27.7 Å². The third-order valence-corrected chi connectivity index (χ3v) is 16.9. The molecule has 10 aromatic rings. The summed E-state index contributed by atoms with van der Waals surface area (Å²) in [5, 5.41) is 1.42. The minimum absolute atomic E-state index is 0.436. The molecule has 0 saturated carbocycles. The summed E-state index contributed by atoms with van der Waals surface area (Å²) in [6, 6.07) is 67.6. The van der Waals surface area contributed by atoms with Crippen LogP contribution in [-0.2, 0) is 9.31 Å². The van der Waals surface area contributed by atoms with Crippen LogP contribution in [0.5, 0.6) is 0 Å². The lowest BCUT2D eigenvalue weighted by molar-refractivity contribution is 0.00578. The van der Waals surface area contributed by atoms with Gasteiger partial charge in [-0.2, -0.15) is 0 Å². The van der Waals surface area contributed by atoms with Gasteiger partial charge in [-0.15, -0.1) is 0 Å². The zero-order chi connectivity index (χ0) is 51.8. The minimum atomic E-state index is -0.511. The van der Waals surface area contributed by atoms with E-state index < -0.39 is 18.3 Å². The van der Waals surface area contributed by atoms with Gasteiger partial charge in [0.2, 0.25) is 0 Å². The molecule has 1 aliphatic rings. The Morgan fingerprint density at radius 1 is 0.365 bits per heavy atom. The van der Waals surface area contributed by atoms with Crippen molar-refractivity contribution in [2.24, 2.45) is 0 Å². The van der Waals surface area contributed by atoms with E-state index in [1.807, 2.05) is 200 Å². The van der Waals surface area contributed by atoms with Gasteiger partial charge >= 0.3 is 7.12 Å². The third-order valence-electron chi connectivity index (χ3n) is 12.4. The number of rotatable bonds is 8. The molecule has 8 aromatic carbocycles. The Labute approximate surface area is 472 Å². The van der Waals surface area contributed by atoms with Crippen LogP contribution in [0, 0.1) is 3.57 Å². The Kier molecular flexibility index (Phi) is 16.9. The van der Waals surface area contributed by atoms with E-state index in [4.69, 9.17) is 62.4 Å². The fraction of sp³-hybridized carbons (Fsp3) is 0.100. The second kappa shape index (κ2) is 23.7. The monoisotopic (exact) mass is 1250 g/mol. The van der Waals surface area contributed by atoms with E-state index in [2.05, 4.69) is 88.2 Å². The Balaban J connectivity index is 0.000000156. The van der Waals surface area contributed by atoms with Crippen LogP contribution in [0.4, 0.5) is 0 Å². The maximum atomic E-state index is 6.38.